The van der Waals surface area contributed by atoms with Crippen molar-refractivity contribution in [1.82, 2.24) is 15.3 Å². The lowest BCUT2D eigenvalue weighted by Gasteiger charge is -2.28. The molecule has 0 aliphatic carbocycles. The molecule has 1 aliphatic rings. The molecule has 2 heterocycles. The van der Waals surface area contributed by atoms with Crippen LogP contribution in [-0.4, -0.2) is 55.3 Å². The van der Waals surface area contributed by atoms with Gasteiger partial charge in [0.1, 0.15) is 18.2 Å². The Kier molecular flexibility index (Phi) is 6.38. The molecule has 0 atom stereocenters. The van der Waals surface area contributed by atoms with Gasteiger partial charge in [-0.05, 0) is 12.5 Å². The Hall–Kier alpha value is -2.67. The highest BCUT2D eigenvalue weighted by Gasteiger charge is 2.14. The van der Waals surface area contributed by atoms with E-state index in [0.717, 1.165) is 24.5 Å². The van der Waals surface area contributed by atoms with E-state index in [2.05, 4.69) is 20.2 Å². The molecule has 1 amide bonds. The summed E-state index contributed by atoms with van der Waals surface area (Å²) < 4.78 is 11.1. The number of carbonyl (C=O) groups excluding carboxylic acids is 1. The minimum atomic E-state index is -0.0207. The third-order valence-electron chi connectivity index (χ3n) is 4.02. The maximum atomic E-state index is 11.9. The van der Waals surface area contributed by atoms with E-state index in [9.17, 15) is 4.79 Å². The van der Waals surface area contributed by atoms with Crippen LogP contribution < -0.4 is 15.0 Å². The van der Waals surface area contributed by atoms with Crippen LogP contribution in [0, 0.1) is 6.92 Å². The predicted molar refractivity (Wildman–Crippen MR) is 98.5 cm³/mol. The summed E-state index contributed by atoms with van der Waals surface area (Å²) in [6, 6.07) is 11.5. The van der Waals surface area contributed by atoms with E-state index in [4.69, 9.17) is 9.47 Å². The number of carbonyl (C=O) groups is 1. The molecular weight excluding hydrogens is 332 g/mol. The lowest BCUT2D eigenvalue weighted by Crippen LogP contribution is -2.37. The number of hydrogen-bond donors (Lipinski definition) is 1. The van der Waals surface area contributed by atoms with Crippen LogP contribution in [0.2, 0.25) is 0 Å². The van der Waals surface area contributed by atoms with Crippen LogP contribution in [0.15, 0.2) is 36.4 Å². The number of hydrogen-bond acceptors (Lipinski definition) is 6. The normalized spacial score (nSPS) is 14.1. The minimum Gasteiger partial charge on any atom is -0.476 e. The molecule has 0 spiro atoms. The van der Waals surface area contributed by atoms with Crippen molar-refractivity contribution in [3.05, 3.63) is 47.8 Å². The molecule has 7 nitrogen and oxygen atoms in total. The van der Waals surface area contributed by atoms with Gasteiger partial charge in [0.15, 0.2) is 0 Å². The zero-order valence-corrected chi connectivity index (χ0v) is 15.0. The Bertz CT molecular complexity index is 718. The Morgan fingerprint density at radius 2 is 2.00 bits per heavy atom. The largest absolute Gasteiger partial charge is 0.476 e. The molecule has 1 aromatic heterocycles. The van der Waals surface area contributed by atoms with Gasteiger partial charge in [-0.1, -0.05) is 30.3 Å². The fraction of sp³-hybridized carbons (Fsp3) is 0.421. The van der Waals surface area contributed by atoms with Gasteiger partial charge in [-0.3, -0.25) is 4.79 Å². The quantitative estimate of drug-likeness (QED) is 0.755. The summed E-state index contributed by atoms with van der Waals surface area (Å²) in [4.78, 5) is 22.9. The molecule has 7 heteroatoms. The van der Waals surface area contributed by atoms with E-state index in [1.807, 2.05) is 43.3 Å². The molecule has 1 aliphatic heterocycles. The third kappa shape index (κ3) is 5.42. The zero-order chi connectivity index (χ0) is 18.2. The van der Waals surface area contributed by atoms with Crippen LogP contribution in [0.3, 0.4) is 0 Å². The Labute approximate surface area is 153 Å². The van der Waals surface area contributed by atoms with Gasteiger partial charge in [-0.15, -0.1) is 0 Å². The van der Waals surface area contributed by atoms with Crippen molar-refractivity contribution in [2.45, 2.75) is 13.3 Å². The molecule has 1 saturated heterocycles. The van der Waals surface area contributed by atoms with Gasteiger partial charge in [-0.2, -0.15) is 4.98 Å². The van der Waals surface area contributed by atoms with Gasteiger partial charge in [0.2, 0.25) is 11.8 Å². The van der Waals surface area contributed by atoms with E-state index in [-0.39, 0.29) is 5.91 Å². The first-order chi connectivity index (χ1) is 12.7. The second-order valence-electron chi connectivity index (χ2n) is 6.07. The topological polar surface area (TPSA) is 76.6 Å². The highest BCUT2D eigenvalue weighted by atomic mass is 16.5. The second-order valence-corrected chi connectivity index (χ2v) is 6.07. The van der Waals surface area contributed by atoms with Crippen LogP contribution in [0.1, 0.15) is 11.4 Å². The van der Waals surface area contributed by atoms with Crippen LogP contribution >= 0.6 is 0 Å². The first-order valence-corrected chi connectivity index (χ1v) is 8.82. The van der Waals surface area contributed by atoms with E-state index in [1.165, 1.54) is 0 Å². The van der Waals surface area contributed by atoms with Gasteiger partial charge in [0.25, 0.3) is 0 Å². The monoisotopic (exact) mass is 356 g/mol. The summed E-state index contributed by atoms with van der Waals surface area (Å²) in [6.45, 7) is 5.66. The molecule has 2 aromatic rings. The van der Waals surface area contributed by atoms with Crippen LogP contribution in [0.25, 0.3) is 0 Å². The molecule has 1 aromatic carbocycles. The predicted octanol–water partition coefficient (Wildman–Crippen LogP) is 1.36. The highest BCUT2D eigenvalue weighted by molar-refractivity contribution is 5.78. The van der Waals surface area contributed by atoms with Crippen LogP contribution in [0.4, 0.5) is 5.82 Å². The average Bonchev–Trinajstić information content (AvgIpc) is 2.66. The number of nitrogens with zero attached hydrogens (tertiary/aromatic N) is 3. The first kappa shape index (κ1) is 18.1. The molecule has 0 saturated carbocycles. The number of aromatic nitrogens is 2. The number of aryl methyl sites for hydroxylation is 1. The summed E-state index contributed by atoms with van der Waals surface area (Å²) >= 11 is 0. The summed E-state index contributed by atoms with van der Waals surface area (Å²) in [5, 5.41) is 2.86. The number of benzene rings is 1. The average molecular weight is 356 g/mol. The van der Waals surface area contributed by atoms with Crippen molar-refractivity contribution in [2.75, 3.05) is 44.4 Å². The van der Waals surface area contributed by atoms with Gasteiger partial charge in [0, 0.05) is 19.2 Å². The number of anilines is 1. The van der Waals surface area contributed by atoms with Crippen molar-refractivity contribution in [1.29, 1.82) is 0 Å². The summed E-state index contributed by atoms with van der Waals surface area (Å²) in [5.74, 6) is 2.02. The van der Waals surface area contributed by atoms with Crippen molar-refractivity contribution < 1.29 is 14.3 Å². The lowest BCUT2D eigenvalue weighted by atomic mass is 10.1. The molecule has 1 fully saturated rings. The van der Waals surface area contributed by atoms with Gasteiger partial charge >= 0.3 is 0 Å². The summed E-state index contributed by atoms with van der Waals surface area (Å²) in [6.07, 6.45) is 0.370. The van der Waals surface area contributed by atoms with E-state index in [1.54, 1.807) is 0 Å². The molecule has 0 unspecified atom stereocenters. The van der Waals surface area contributed by atoms with Crippen molar-refractivity contribution in [3.63, 3.8) is 0 Å². The molecule has 26 heavy (non-hydrogen) atoms. The number of nitrogens with one attached hydrogen (secondary N) is 1. The van der Waals surface area contributed by atoms with Gasteiger partial charge in [-0.25, -0.2) is 4.98 Å². The molecule has 0 bridgehead atoms. The van der Waals surface area contributed by atoms with Gasteiger partial charge < -0.3 is 19.7 Å². The molecule has 0 radical (unpaired) electrons. The highest BCUT2D eigenvalue weighted by Crippen LogP contribution is 2.18. The Balaban J connectivity index is 1.45. The first-order valence-electron chi connectivity index (χ1n) is 8.82. The molecule has 1 N–H and O–H groups in total. The number of morpholine rings is 1. The Morgan fingerprint density at radius 3 is 2.77 bits per heavy atom. The van der Waals surface area contributed by atoms with Crippen molar-refractivity contribution in [3.8, 4) is 5.88 Å². The zero-order valence-electron chi connectivity index (χ0n) is 15.0. The van der Waals surface area contributed by atoms with Crippen LogP contribution in [-0.2, 0) is 16.0 Å². The smallest absolute Gasteiger partial charge is 0.224 e. The number of amides is 1. The van der Waals surface area contributed by atoms with Gasteiger partial charge in [0.05, 0.1) is 26.2 Å². The minimum absolute atomic E-state index is 0.0207. The fourth-order valence-corrected chi connectivity index (χ4v) is 2.74. The maximum Gasteiger partial charge on any atom is 0.224 e. The molecular formula is C19H24N4O3. The van der Waals surface area contributed by atoms with E-state index in [0.29, 0.717) is 44.5 Å². The van der Waals surface area contributed by atoms with Crippen molar-refractivity contribution >= 4 is 11.7 Å². The number of rotatable bonds is 7. The van der Waals surface area contributed by atoms with Crippen LogP contribution in [0.5, 0.6) is 5.88 Å². The van der Waals surface area contributed by atoms with E-state index >= 15 is 0 Å². The lowest BCUT2D eigenvalue weighted by molar-refractivity contribution is -0.120. The summed E-state index contributed by atoms with van der Waals surface area (Å²) in [7, 11) is 0. The Morgan fingerprint density at radius 1 is 1.23 bits per heavy atom. The van der Waals surface area contributed by atoms with Crippen molar-refractivity contribution in [2.24, 2.45) is 0 Å². The standard InChI is InChI=1S/C19H24N4O3/c1-15-21-17(23-8-11-25-12-9-23)14-19(22-15)26-10-7-20-18(24)13-16-5-3-2-4-6-16/h2-6,14H,7-13H2,1H3,(H,20,24). The summed E-state index contributed by atoms with van der Waals surface area (Å²) in [5.41, 5.74) is 0.993. The molecule has 3 rings (SSSR count). The SMILES string of the molecule is Cc1nc(OCCNC(=O)Cc2ccccc2)cc(N2CCOCC2)n1. The molecule has 138 valence electrons. The fourth-order valence-electron chi connectivity index (χ4n) is 2.74. The second kappa shape index (κ2) is 9.15. The third-order valence-corrected chi connectivity index (χ3v) is 4.02. The van der Waals surface area contributed by atoms with E-state index < -0.39 is 0 Å². The number of ether oxygens (including phenoxy) is 2. The maximum absolute atomic E-state index is 11.9.